The highest BCUT2D eigenvalue weighted by Crippen LogP contribution is 2.57. The van der Waals surface area contributed by atoms with Crippen LogP contribution in [0.3, 0.4) is 0 Å². The lowest BCUT2D eigenvalue weighted by molar-refractivity contribution is 0.670. The third-order valence-corrected chi connectivity index (χ3v) is 12.0. The lowest BCUT2D eigenvalue weighted by atomic mass is 9.67. The predicted molar refractivity (Wildman–Crippen MR) is 230 cm³/mol. The van der Waals surface area contributed by atoms with E-state index in [2.05, 4.69) is 182 Å². The van der Waals surface area contributed by atoms with E-state index in [4.69, 9.17) is 14.4 Å². The van der Waals surface area contributed by atoms with Gasteiger partial charge in [0.05, 0.1) is 28.3 Å². The molecule has 0 N–H and O–H groups in total. The van der Waals surface area contributed by atoms with Gasteiger partial charge in [0.1, 0.15) is 11.2 Å². The minimum Gasteiger partial charge on any atom is -0.455 e. The molecule has 9 aromatic carbocycles. The van der Waals surface area contributed by atoms with E-state index in [1.54, 1.807) is 0 Å². The molecule has 0 fully saturated rings. The second-order valence-electron chi connectivity index (χ2n) is 14.8. The van der Waals surface area contributed by atoms with E-state index in [0.29, 0.717) is 0 Å². The second-order valence-corrected chi connectivity index (χ2v) is 14.8. The molecule has 0 atom stereocenters. The number of hydrogen-bond acceptors (Lipinski definition) is 3. The number of benzene rings is 9. The third-order valence-electron chi connectivity index (χ3n) is 12.0. The highest BCUT2D eigenvalue weighted by Gasteiger charge is 2.46. The van der Waals surface area contributed by atoms with Gasteiger partial charge in [0, 0.05) is 32.7 Å². The fraction of sp³-hybridized carbons (Fsp3) is 0.0189. The number of rotatable bonds is 4. The molecule has 3 heteroatoms. The maximum atomic E-state index is 6.57. The topological polar surface area (TPSA) is 38.9 Å². The molecule has 0 bridgehead atoms. The molecule has 0 spiro atoms. The van der Waals surface area contributed by atoms with Crippen molar-refractivity contribution >= 4 is 54.5 Å². The van der Waals surface area contributed by atoms with Crippen LogP contribution in [-0.2, 0) is 5.41 Å². The van der Waals surface area contributed by atoms with Crippen LogP contribution in [-0.4, -0.2) is 9.97 Å². The number of aromatic nitrogens is 2. The van der Waals surface area contributed by atoms with Crippen molar-refractivity contribution < 1.29 is 4.42 Å². The van der Waals surface area contributed by atoms with Gasteiger partial charge >= 0.3 is 0 Å². The van der Waals surface area contributed by atoms with Crippen molar-refractivity contribution in [2.75, 3.05) is 0 Å². The van der Waals surface area contributed by atoms with Crippen LogP contribution < -0.4 is 0 Å². The van der Waals surface area contributed by atoms with E-state index in [1.807, 2.05) is 12.3 Å². The van der Waals surface area contributed by atoms with Crippen molar-refractivity contribution in [1.29, 1.82) is 0 Å². The predicted octanol–water partition coefficient (Wildman–Crippen LogP) is 13.5. The monoisotopic (exact) mass is 712 g/mol. The van der Waals surface area contributed by atoms with E-state index in [9.17, 15) is 0 Å². The Morgan fingerprint density at radius 2 is 0.929 bits per heavy atom. The van der Waals surface area contributed by atoms with Crippen molar-refractivity contribution in [3.8, 4) is 33.5 Å². The Balaban J connectivity index is 1.12. The molecule has 56 heavy (non-hydrogen) atoms. The van der Waals surface area contributed by atoms with Crippen LogP contribution in [0.2, 0.25) is 0 Å². The zero-order chi connectivity index (χ0) is 36.8. The van der Waals surface area contributed by atoms with E-state index >= 15 is 0 Å². The normalized spacial score (nSPS) is 13.1. The maximum absolute atomic E-state index is 6.57. The third kappa shape index (κ3) is 4.28. The number of furan rings is 1. The smallest absolute Gasteiger partial charge is 0.143 e. The molecule has 260 valence electrons. The first-order valence-electron chi connectivity index (χ1n) is 19.1. The Morgan fingerprint density at radius 3 is 1.61 bits per heavy atom. The largest absolute Gasteiger partial charge is 0.455 e. The Kier molecular flexibility index (Phi) is 6.55. The van der Waals surface area contributed by atoms with Gasteiger partial charge in [0.2, 0.25) is 0 Å². The minimum atomic E-state index is -0.603. The summed E-state index contributed by atoms with van der Waals surface area (Å²) in [4.78, 5) is 10.6. The summed E-state index contributed by atoms with van der Waals surface area (Å²) in [6.07, 6.45) is 1.95. The summed E-state index contributed by atoms with van der Waals surface area (Å²) >= 11 is 0. The Bertz CT molecular complexity index is 3290. The Hall–Kier alpha value is -7.36. The van der Waals surface area contributed by atoms with Gasteiger partial charge in [0.15, 0.2) is 0 Å². The summed E-state index contributed by atoms with van der Waals surface area (Å²) in [7, 11) is 0. The second kappa shape index (κ2) is 11.8. The van der Waals surface area contributed by atoms with Crippen LogP contribution in [0.15, 0.2) is 199 Å². The average Bonchev–Trinajstić information content (AvgIpc) is 3.80. The molecular formula is C53H32N2O. The zero-order valence-electron chi connectivity index (χ0n) is 30.3. The highest BCUT2D eigenvalue weighted by molar-refractivity contribution is 6.23. The Morgan fingerprint density at radius 1 is 0.393 bits per heavy atom. The van der Waals surface area contributed by atoms with Crippen LogP contribution in [0, 0.1) is 0 Å². The van der Waals surface area contributed by atoms with E-state index in [1.165, 1.54) is 44.2 Å². The van der Waals surface area contributed by atoms with Crippen LogP contribution in [0.1, 0.15) is 22.3 Å². The van der Waals surface area contributed by atoms with Crippen LogP contribution in [0.5, 0.6) is 0 Å². The van der Waals surface area contributed by atoms with E-state index < -0.39 is 5.41 Å². The highest BCUT2D eigenvalue weighted by atomic mass is 16.3. The molecule has 3 nitrogen and oxygen atoms in total. The van der Waals surface area contributed by atoms with Gasteiger partial charge in [-0.15, -0.1) is 0 Å². The molecule has 0 saturated heterocycles. The molecule has 2 heterocycles. The van der Waals surface area contributed by atoms with Gasteiger partial charge < -0.3 is 4.42 Å². The summed E-state index contributed by atoms with van der Waals surface area (Å²) in [5, 5.41) is 6.87. The van der Waals surface area contributed by atoms with Crippen molar-refractivity contribution in [1.82, 2.24) is 9.97 Å². The maximum Gasteiger partial charge on any atom is 0.143 e. The molecule has 0 aliphatic heterocycles. The molecule has 12 rings (SSSR count). The lowest BCUT2D eigenvalue weighted by Gasteiger charge is -2.34. The number of fused-ring (bicyclic) bond motifs is 12. The number of para-hydroxylation sites is 2. The van der Waals surface area contributed by atoms with E-state index in [0.717, 1.165) is 66.1 Å². The minimum absolute atomic E-state index is 0.603. The van der Waals surface area contributed by atoms with Crippen molar-refractivity contribution in [2.45, 2.75) is 5.41 Å². The molecule has 0 unspecified atom stereocenters. The molecule has 2 aromatic heterocycles. The standard InChI is InChI=1S/C53H32N2O/c1-3-14-35(15-4-1)53(36-16-5-2-6-17-36)46-30-33(37-23-13-24-45-42-20-11-12-25-49(42)56-52(37)45)26-28-40(46)41-29-27-34(31-47(41)53)48-32-54-50-43-21-9-7-18-38(43)39-19-8-10-22-44(39)51(50)55-48/h1-32H. The molecule has 0 saturated carbocycles. The van der Waals surface area contributed by atoms with Crippen molar-refractivity contribution in [3.63, 3.8) is 0 Å². The Labute approximate surface area is 323 Å². The van der Waals surface area contributed by atoms with Gasteiger partial charge in [-0.3, -0.25) is 4.98 Å². The zero-order valence-corrected chi connectivity index (χ0v) is 30.3. The van der Waals surface area contributed by atoms with Crippen molar-refractivity contribution in [3.05, 3.63) is 217 Å². The summed E-state index contributed by atoms with van der Waals surface area (Å²) in [6.45, 7) is 0. The fourth-order valence-corrected chi connectivity index (χ4v) is 9.55. The molecule has 0 amide bonds. The molecular weight excluding hydrogens is 681 g/mol. The average molecular weight is 713 g/mol. The summed E-state index contributed by atoms with van der Waals surface area (Å²) in [6, 6.07) is 67.7. The molecule has 0 radical (unpaired) electrons. The van der Waals surface area contributed by atoms with Crippen LogP contribution in [0.4, 0.5) is 0 Å². The van der Waals surface area contributed by atoms with Gasteiger partial charge in [-0.2, -0.15) is 0 Å². The molecule has 11 aromatic rings. The van der Waals surface area contributed by atoms with Gasteiger partial charge in [-0.25, -0.2) is 4.98 Å². The quantitative estimate of drug-likeness (QED) is 0.171. The van der Waals surface area contributed by atoms with Crippen LogP contribution in [0.25, 0.3) is 88.0 Å². The summed E-state index contributed by atoms with van der Waals surface area (Å²) in [5.74, 6) is 0. The van der Waals surface area contributed by atoms with E-state index in [-0.39, 0.29) is 0 Å². The SMILES string of the molecule is c1ccc(C2(c3ccccc3)c3cc(-c4cnc5c6ccccc6c6ccccc6c5n4)ccc3-c3ccc(-c4cccc5c4oc4ccccc45)cc32)cc1. The van der Waals surface area contributed by atoms with Gasteiger partial charge in [-0.05, 0) is 67.9 Å². The van der Waals surface area contributed by atoms with Gasteiger partial charge in [0.25, 0.3) is 0 Å². The summed E-state index contributed by atoms with van der Waals surface area (Å²) < 4.78 is 6.57. The summed E-state index contributed by atoms with van der Waals surface area (Å²) in [5.41, 5.74) is 14.5. The van der Waals surface area contributed by atoms with Crippen LogP contribution >= 0.6 is 0 Å². The lowest BCUT2D eigenvalue weighted by Crippen LogP contribution is -2.28. The first-order valence-corrected chi connectivity index (χ1v) is 19.1. The number of hydrogen-bond donors (Lipinski definition) is 0. The van der Waals surface area contributed by atoms with Gasteiger partial charge in [-0.1, -0.05) is 170 Å². The molecule has 1 aliphatic rings. The molecule has 1 aliphatic carbocycles. The first kappa shape index (κ1) is 31.0. The fourth-order valence-electron chi connectivity index (χ4n) is 9.55. The first-order chi connectivity index (χ1) is 27.8. The van der Waals surface area contributed by atoms with Crippen molar-refractivity contribution in [2.24, 2.45) is 0 Å². The number of nitrogens with zero attached hydrogens (tertiary/aromatic N) is 2.